The van der Waals surface area contributed by atoms with Crippen LogP contribution in [0.25, 0.3) is 11.0 Å². The van der Waals surface area contributed by atoms with Crippen molar-refractivity contribution in [1.82, 2.24) is 14.7 Å². The van der Waals surface area contributed by atoms with Gasteiger partial charge in [-0.2, -0.15) is 0 Å². The maximum atomic E-state index is 12.7. The van der Waals surface area contributed by atoms with Gasteiger partial charge < -0.3 is 9.09 Å². The molecule has 4 rings (SSSR count). The summed E-state index contributed by atoms with van der Waals surface area (Å²) < 4.78 is 35.1. The van der Waals surface area contributed by atoms with E-state index < -0.39 is 10.0 Å². The van der Waals surface area contributed by atoms with Crippen LogP contribution in [-0.4, -0.2) is 23.1 Å². The first kappa shape index (κ1) is 19.2. The Morgan fingerprint density at radius 3 is 2.59 bits per heavy atom. The number of anilines is 1. The normalized spacial score (nSPS) is 11.8. The molecule has 2 aromatic carbocycles. The number of rotatable bonds is 6. The highest BCUT2D eigenvalue weighted by molar-refractivity contribution is 7.92. The largest absolute Gasteiger partial charge is 0.360 e. The average Bonchev–Trinajstić information content (AvgIpc) is 3.19. The van der Waals surface area contributed by atoms with Crippen molar-refractivity contribution in [3.8, 4) is 0 Å². The Balaban J connectivity index is 1.52. The van der Waals surface area contributed by atoms with Crippen LogP contribution < -0.4 is 4.72 Å². The number of para-hydroxylation sites is 2. The minimum Gasteiger partial charge on any atom is -0.360 e. The molecule has 0 radical (unpaired) electrons. The molecule has 4 aromatic rings. The Hall–Kier alpha value is -3.13. The number of nitrogens with zero attached hydrogens (tertiary/aromatic N) is 3. The third-order valence-corrected chi connectivity index (χ3v) is 6.56. The first-order chi connectivity index (χ1) is 13.8. The van der Waals surface area contributed by atoms with Crippen LogP contribution in [0.5, 0.6) is 0 Å². The molecule has 1 N–H and O–H groups in total. The number of benzene rings is 2. The molecule has 0 aliphatic carbocycles. The Kier molecular flexibility index (Phi) is 4.87. The van der Waals surface area contributed by atoms with Gasteiger partial charge in [0.15, 0.2) is 10.7 Å². The molecule has 2 aromatic heterocycles. The fourth-order valence-corrected chi connectivity index (χ4v) is 4.91. The van der Waals surface area contributed by atoms with E-state index in [2.05, 4.69) is 20.5 Å². The molecule has 0 aliphatic rings. The minimum atomic E-state index is -3.76. The molecule has 0 unspecified atom stereocenters. The van der Waals surface area contributed by atoms with Crippen LogP contribution in [0.3, 0.4) is 0 Å². The predicted molar refractivity (Wildman–Crippen MR) is 111 cm³/mol. The quantitative estimate of drug-likeness (QED) is 0.523. The van der Waals surface area contributed by atoms with Gasteiger partial charge in [-0.25, -0.2) is 13.4 Å². The van der Waals surface area contributed by atoms with Crippen LogP contribution in [0.15, 0.2) is 57.9 Å². The van der Waals surface area contributed by atoms with Crippen LogP contribution >= 0.6 is 0 Å². The van der Waals surface area contributed by atoms with E-state index in [0.717, 1.165) is 35.3 Å². The van der Waals surface area contributed by atoms with E-state index in [0.29, 0.717) is 11.4 Å². The van der Waals surface area contributed by atoms with E-state index in [-0.39, 0.29) is 10.7 Å². The molecule has 0 atom stereocenters. The first-order valence-electron chi connectivity index (χ1n) is 9.30. The zero-order valence-corrected chi connectivity index (χ0v) is 17.3. The zero-order valence-electron chi connectivity index (χ0n) is 16.5. The van der Waals surface area contributed by atoms with Crippen molar-refractivity contribution in [1.29, 1.82) is 0 Å². The Labute approximate surface area is 169 Å². The van der Waals surface area contributed by atoms with Gasteiger partial charge >= 0.3 is 0 Å². The van der Waals surface area contributed by atoms with Crippen molar-refractivity contribution in [2.45, 2.75) is 31.6 Å². The van der Waals surface area contributed by atoms with Crippen LogP contribution in [0, 0.1) is 13.8 Å². The molecule has 7 nitrogen and oxygen atoms in total. The second-order valence-corrected chi connectivity index (χ2v) is 8.65. The summed E-state index contributed by atoms with van der Waals surface area (Å²) in [5, 5.41) is 3.73. The van der Waals surface area contributed by atoms with Gasteiger partial charge in [0.1, 0.15) is 11.5 Å². The fourth-order valence-electron chi connectivity index (χ4n) is 3.53. The molecule has 0 bridgehead atoms. The molecule has 0 fully saturated rings. The molecule has 2 heterocycles. The summed E-state index contributed by atoms with van der Waals surface area (Å²) in [5.41, 5.74) is 3.95. The maximum Gasteiger partial charge on any atom is 0.267 e. The summed E-state index contributed by atoms with van der Waals surface area (Å²) >= 11 is 0. The van der Waals surface area contributed by atoms with Gasteiger partial charge in [-0.15, -0.1) is 0 Å². The van der Waals surface area contributed by atoms with Gasteiger partial charge in [0, 0.05) is 19.2 Å². The van der Waals surface area contributed by atoms with Crippen molar-refractivity contribution in [3.63, 3.8) is 0 Å². The summed E-state index contributed by atoms with van der Waals surface area (Å²) in [6.45, 7) is 3.19. The Morgan fingerprint density at radius 1 is 1.07 bits per heavy atom. The topological polar surface area (TPSA) is 90.0 Å². The van der Waals surface area contributed by atoms with E-state index in [1.54, 1.807) is 19.9 Å². The lowest BCUT2D eigenvalue weighted by Gasteiger charge is -2.09. The van der Waals surface area contributed by atoms with Gasteiger partial charge in [-0.3, -0.25) is 4.72 Å². The van der Waals surface area contributed by atoms with E-state index in [9.17, 15) is 8.42 Å². The highest BCUT2D eigenvalue weighted by Crippen LogP contribution is 2.23. The predicted octanol–water partition coefficient (Wildman–Crippen LogP) is 3.76. The number of hydrogen-bond acceptors (Lipinski definition) is 5. The highest BCUT2D eigenvalue weighted by Gasteiger charge is 2.24. The molecule has 0 aliphatic heterocycles. The SMILES string of the molecule is Cc1noc(C)c1S(=O)(=O)Nc1cccc(CCc2nc3ccccc3n2C)c1. The maximum absolute atomic E-state index is 12.7. The smallest absolute Gasteiger partial charge is 0.267 e. The highest BCUT2D eigenvalue weighted by atomic mass is 32.2. The van der Waals surface area contributed by atoms with Crippen molar-refractivity contribution < 1.29 is 12.9 Å². The molecule has 0 saturated carbocycles. The van der Waals surface area contributed by atoms with E-state index in [4.69, 9.17) is 9.51 Å². The van der Waals surface area contributed by atoms with Gasteiger partial charge in [-0.05, 0) is 50.1 Å². The summed E-state index contributed by atoms with van der Waals surface area (Å²) in [6.07, 6.45) is 1.50. The molecular weight excluding hydrogens is 388 g/mol. The molecule has 8 heteroatoms. The Bertz CT molecular complexity index is 1270. The summed E-state index contributed by atoms with van der Waals surface area (Å²) in [6, 6.07) is 15.4. The lowest BCUT2D eigenvalue weighted by atomic mass is 10.1. The lowest BCUT2D eigenvalue weighted by molar-refractivity contribution is 0.390. The third kappa shape index (κ3) is 3.75. The standard InChI is InChI=1S/C21H22N4O3S/c1-14-21(15(2)28-23-14)29(26,27)24-17-8-6-7-16(13-17)11-12-20-22-18-9-4-5-10-19(18)25(20)3/h4-10,13,24H,11-12H2,1-3H3. The number of imidazole rings is 1. The lowest BCUT2D eigenvalue weighted by Crippen LogP contribution is -2.14. The molecule has 150 valence electrons. The molecule has 0 spiro atoms. The fraction of sp³-hybridized carbons (Fsp3) is 0.238. The number of nitrogens with one attached hydrogen (secondary N) is 1. The van der Waals surface area contributed by atoms with Crippen LogP contribution in [0.2, 0.25) is 0 Å². The second-order valence-electron chi connectivity index (χ2n) is 7.03. The molecule has 29 heavy (non-hydrogen) atoms. The summed E-state index contributed by atoms with van der Waals surface area (Å²) in [4.78, 5) is 4.78. The Morgan fingerprint density at radius 2 is 1.86 bits per heavy atom. The van der Waals surface area contributed by atoms with Crippen LogP contribution in [-0.2, 0) is 29.9 Å². The van der Waals surface area contributed by atoms with Crippen molar-refractivity contribution in [2.75, 3.05) is 4.72 Å². The van der Waals surface area contributed by atoms with E-state index in [1.807, 2.05) is 43.4 Å². The minimum absolute atomic E-state index is 0.0857. The summed E-state index contributed by atoms with van der Waals surface area (Å²) in [7, 11) is -1.75. The van der Waals surface area contributed by atoms with Crippen molar-refractivity contribution >= 4 is 26.7 Å². The van der Waals surface area contributed by atoms with E-state index >= 15 is 0 Å². The number of fused-ring (bicyclic) bond motifs is 1. The molecule has 0 saturated heterocycles. The van der Waals surface area contributed by atoms with Gasteiger partial charge in [-0.1, -0.05) is 29.4 Å². The van der Waals surface area contributed by atoms with Gasteiger partial charge in [0.25, 0.3) is 10.0 Å². The number of aromatic nitrogens is 3. The monoisotopic (exact) mass is 410 g/mol. The second kappa shape index (κ2) is 7.36. The van der Waals surface area contributed by atoms with Crippen LogP contribution in [0.1, 0.15) is 22.8 Å². The number of sulfonamides is 1. The van der Waals surface area contributed by atoms with Crippen molar-refractivity contribution in [3.05, 3.63) is 71.4 Å². The molecule has 0 amide bonds. The van der Waals surface area contributed by atoms with Crippen LogP contribution in [0.4, 0.5) is 5.69 Å². The van der Waals surface area contributed by atoms with Gasteiger partial charge in [0.2, 0.25) is 0 Å². The van der Waals surface area contributed by atoms with Crippen molar-refractivity contribution in [2.24, 2.45) is 7.05 Å². The van der Waals surface area contributed by atoms with Gasteiger partial charge in [0.05, 0.1) is 11.0 Å². The average molecular weight is 410 g/mol. The first-order valence-corrected chi connectivity index (χ1v) is 10.8. The molecular formula is C21H22N4O3S. The zero-order chi connectivity index (χ0) is 20.6. The number of aryl methyl sites for hydroxylation is 5. The third-order valence-electron chi connectivity index (χ3n) is 4.93. The number of hydrogen-bond donors (Lipinski definition) is 1. The summed E-state index contributed by atoms with van der Waals surface area (Å²) in [5.74, 6) is 1.26. The van der Waals surface area contributed by atoms with E-state index in [1.165, 1.54) is 0 Å².